The summed E-state index contributed by atoms with van der Waals surface area (Å²) in [5.41, 5.74) is 4.66. The number of nitrogens with zero attached hydrogens (tertiary/aromatic N) is 2. The fourth-order valence-electron chi connectivity index (χ4n) is 2.88. The lowest BCUT2D eigenvalue weighted by atomic mass is 10.1. The van der Waals surface area contributed by atoms with Gasteiger partial charge in [-0.15, -0.1) is 0 Å². The Morgan fingerprint density at radius 1 is 1.08 bits per heavy atom. The third kappa shape index (κ3) is 4.85. The van der Waals surface area contributed by atoms with E-state index in [2.05, 4.69) is 64.8 Å². The first-order chi connectivity index (χ1) is 12.8. The van der Waals surface area contributed by atoms with Gasteiger partial charge < -0.3 is 15.6 Å². The maximum absolute atomic E-state index is 4.69. The van der Waals surface area contributed by atoms with Crippen molar-refractivity contribution in [2.75, 3.05) is 13.1 Å². The van der Waals surface area contributed by atoms with Crippen LogP contribution in [0.5, 0.6) is 0 Å². The van der Waals surface area contributed by atoms with Crippen LogP contribution in [0.3, 0.4) is 0 Å². The quantitative estimate of drug-likeness (QED) is 0.347. The van der Waals surface area contributed by atoms with Gasteiger partial charge in [-0.2, -0.15) is 0 Å². The molecule has 0 aliphatic heterocycles. The van der Waals surface area contributed by atoms with E-state index in [9.17, 15) is 0 Å². The van der Waals surface area contributed by atoms with Gasteiger partial charge in [-0.05, 0) is 43.5 Å². The molecule has 5 nitrogen and oxygen atoms in total. The molecule has 0 radical (unpaired) electrons. The van der Waals surface area contributed by atoms with Crippen molar-refractivity contribution in [3.8, 4) is 0 Å². The van der Waals surface area contributed by atoms with Crippen LogP contribution in [0.1, 0.15) is 30.3 Å². The predicted octanol–water partition coefficient (Wildman–Crippen LogP) is 3.56. The molecule has 0 unspecified atom stereocenters. The number of aliphatic imine (C=N–C) groups is 1. The van der Waals surface area contributed by atoms with Crippen molar-refractivity contribution in [1.29, 1.82) is 0 Å². The molecule has 0 bridgehead atoms. The molecule has 0 spiro atoms. The topological polar surface area (TPSA) is 65.1 Å². The second-order valence-electron chi connectivity index (χ2n) is 6.35. The molecular formula is C21H27N5. The van der Waals surface area contributed by atoms with Crippen LogP contribution in [0.2, 0.25) is 0 Å². The highest BCUT2D eigenvalue weighted by Crippen LogP contribution is 2.11. The smallest absolute Gasteiger partial charge is 0.191 e. The van der Waals surface area contributed by atoms with E-state index in [4.69, 9.17) is 4.99 Å². The van der Waals surface area contributed by atoms with Crippen molar-refractivity contribution in [2.45, 2.75) is 33.2 Å². The number of imidazole rings is 1. The molecule has 0 saturated carbocycles. The Hall–Kier alpha value is -2.82. The number of nitrogens with one attached hydrogen (secondary N) is 3. The normalized spacial score (nSPS) is 11.7. The van der Waals surface area contributed by atoms with Gasteiger partial charge in [-0.1, -0.05) is 36.4 Å². The van der Waals surface area contributed by atoms with Gasteiger partial charge in [0.05, 0.1) is 17.6 Å². The molecule has 0 saturated heterocycles. The summed E-state index contributed by atoms with van der Waals surface area (Å²) in [5, 5.41) is 6.72. The second-order valence-corrected chi connectivity index (χ2v) is 6.35. The van der Waals surface area contributed by atoms with Gasteiger partial charge in [0, 0.05) is 19.5 Å². The molecule has 136 valence electrons. The molecule has 0 atom stereocenters. The van der Waals surface area contributed by atoms with Gasteiger partial charge in [0.1, 0.15) is 5.82 Å². The summed E-state index contributed by atoms with van der Waals surface area (Å²) in [6, 6.07) is 16.5. The van der Waals surface area contributed by atoms with Crippen LogP contribution in [-0.4, -0.2) is 29.0 Å². The van der Waals surface area contributed by atoms with Gasteiger partial charge in [-0.25, -0.2) is 9.98 Å². The molecule has 3 N–H and O–H groups in total. The monoisotopic (exact) mass is 349 g/mol. The van der Waals surface area contributed by atoms with E-state index in [1.165, 1.54) is 11.1 Å². The third-order valence-electron chi connectivity index (χ3n) is 4.33. The summed E-state index contributed by atoms with van der Waals surface area (Å²) in [6.45, 7) is 6.60. The highest BCUT2D eigenvalue weighted by atomic mass is 15.2. The van der Waals surface area contributed by atoms with E-state index in [1.807, 2.05) is 18.2 Å². The first-order valence-electron chi connectivity index (χ1n) is 9.26. The summed E-state index contributed by atoms with van der Waals surface area (Å²) in [7, 11) is 0. The zero-order valence-corrected chi connectivity index (χ0v) is 15.5. The molecule has 1 aromatic heterocycles. The van der Waals surface area contributed by atoms with Crippen molar-refractivity contribution < 1.29 is 0 Å². The first-order valence-corrected chi connectivity index (χ1v) is 9.26. The summed E-state index contributed by atoms with van der Waals surface area (Å²) < 4.78 is 0. The number of rotatable bonds is 7. The zero-order valence-electron chi connectivity index (χ0n) is 15.5. The van der Waals surface area contributed by atoms with Crippen molar-refractivity contribution in [2.24, 2.45) is 4.99 Å². The van der Waals surface area contributed by atoms with Gasteiger partial charge in [0.2, 0.25) is 0 Å². The number of fused-ring (bicyclic) bond motifs is 1. The average Bonchev–Trinajstić information content (AvgIpc) is 3.07. The second kappa shape index (κ2) is 9.04. The van der Waals surface area contributed by atoms with Gasteiger partial charge in [0.15, 0.2) is 5.96 Å². The molecule has 0 fully saturated rings. The van der Waals surface area contributed by atoms with Gasteiger partial charge in [0.25, 0.3) is 0 Å². The van der Waals surface area contributed by atoms with Crippen molar-refractivity contribution in [3.63, 3.8) is 0 Å². The number of hydrogen-bond donors (Lipinski definition) is 3. The number of hydrogen-bond acceptors (Lipinski definition) is 2. The van der Waals surface area contributed by atoms with E-state index in [1.54, 1.807) is 0 Å². The summed E-state index contributed by atoms with van der Waals surface area (Å²) in [6.07, 6.45) is 1.91. The number of aryl methyl sites for hydroxylation is 2. The van der Waals surface area contributed by atoms with Crippen LogP contribution >= 0.6 is 0 Å². The van der Waals surface area contributed by atoms with E-state index in [0.717, 1.165) is 48.7 Å². The number of benzene rings is 2. The minimum absolute atomic E-state index is 0.686. The molecular weight excluding hydrogens is 322 g/mol. The predicted molar refractivity (Wildman–Crippen MR) is 108 cm³/mol. The van der Waals surface area contributed by atoms with Crippen molar-refractivity contribution >= 4 is 17.0 Å². The Bertz CT molecular complexity index is 832. The summed E-state index contributed by atoms with van der Waals surface area (Å²) in [5.74, 6) is 1.90. The Kier molecular flexibility index (Phi) is 6.25. The molecule has 2 aromatic carbocycles. The fourth-order valence-corrected chi connectivity index (χ4v) is 2.88. The lowest BCUT2D eigenvalue weighted by Gasteiger charge is -2.11. The number of aromatic amines is 1. The van der Waals surface area contributed by atoms with Gasteiger partial charge >= 0.3 is 0 Å². The maximum atomic E-state index is 4.69. The maximum Gasteiger partial charge on any atom is 0.191 e. The highest BCUT2D eigenvalue weighted by molar-refractivity contribution is 5.79. The minimum Gasteiger partial charge on any atom is -0.357 e. The van der Waals surface area contributed by atoms with Crippen LogP contribution in [0.15, 0.2) is 53.5 Å². The zero-order chi connectivity index (χ0) is 18.2. The molecule has 5 heteroatoms. The van der Waals surface area contributed by atoms with Crippen LogP contribution in [0, 0.1) is 6.92 Å². The third-order valence-corrected chi connectivity index (χ3v) is 4.33. The van der Waals surface area contributed by atoms with E-state index in [-0.39, 0.29) is 0 Å². The molecule has 26 heavy (non-hydrogen) atoms. The first kappa shape index (κ1) is 18.0. The van der Waals surface area contributed by atoms with Gasteiger partial charge in [-0.3, -0.25) is 0 Å². The number of H-pyrrole nitrogens is 1. The van der Waals surface area contributed by atoms with E-state index < -0.39 is 0 Å². The Labute approximate surface area is 155 Å². The van der Waals surface area contributed by atoms with E-state index >= 15 is 0 Å². The highest BCUT2D eigenvalue weighted by Gasteiger charge is 2.03. The van der Waals surface area contributed by atoms with Crippen molar-refractivity contribution in [3.05, 3.63) is 65.5 Å². The lowest BCUT2D eigenvalue weighted by molar-refractivity contribution is 0.727. The largest absolute Gasteiger partial charge is 0.357 e. The SMILES string of the molecule is CCNC(=NCc1ccccc1C)NCCCc1nc2ccccc2[nH]1. The number of guanidine groups is 1. The molecule has 0 aliphatic carbocycles. The molecule has 0 aliphatic rings. The summed E-state index contributed by atoms with van der Waals surface area (Å²) >= 11 is 0. The van der Waals surface area contributed by atoms with Crippen LogP contribution < -0.4 is 10.6 Å². The van der Waals surface area contributed by atoms with Crippen molar-refractivity contribution in [1.82, 2.24) is 20.6 Å². The minimum atomic E-state index is 0.686. The summed E-state index contributed by atoms with van der Waals surface area (Å²) in [4.78, 5) is 12.7. The Morgan fingerprint density at radius 2 is 1.88 bits per heavy atom. The standard InChI is InChI=1S/C21H27N5/c1-3-22-21(24-15-17-10-5-4-9-16(17)2)23-14-8-13-20-25-18-11-6-7-12-19(18)26-20/h4-7,9-12H,3,8,13-15H2,1-2H3,(H,25,26)(H2,22,23,24). The lowest BCUT2D eigenvalue weighted by Crippen LogP contribution is -2.37. The molecule has 1 heterocycles. The molecule has 0 amide bonds. The van der Waals surface area contributed by atoms with Crippen LogP contribution in [0.25, 0.3) is 11.0 Å². The number of para-hydroxylation sites is 2. The fraction of sp³-hybridized carbons (Fsp3) is 0.333. The molecule has 3 rings (SSSR count). The Balaban J connectivity index is 1.50. The molecule has 3 aromatic rings. The van der Waals surface area contributed by atoms with E-state index in [0.29, 0.717) is 6.54 Å². The number of aromatic nitrogens is 2. The van der Waals surface area contributed by atoms with Crippen LogP contribution in [0.4, 0.5) is 0 Å². The Morgan fingerprint density at radius 3 is 2.69 bits per heavy atom. The van der Waals surface area contributed by atoms with Crippen LogP contribution in [-0.2, 0) is 13.0 Å². The average molecular weight is 349 g/mol.